The standard InChI is InChI=1S/C10H5FO3/c11-8-3-1-2-7(6-8)9(12)4-5-10(13)14/h1-3,6H,(H,13,14). The Kier molecular flexibility index (Phi) is 2.97. The smallest absolute Gasteiger partial charge is 0.382 e. The van der Waals surface area contributed by atoms with Crippen molar-refractivity contribution in [3.05, 3.63) is 35.6 Å². The van der Waals surface area contributed by atoms with Gasteiger partial charge >= 0.3 is 5.97 Å². The summed E-state index contributed by atoms with van der Waals surface area (Å²) >= 11 is 0. The van der Waals surface area contributed by atoms with Crippen LogP contribution in [0.2, 0.25) is 0 Å². The van der Waals surface area contributed by atoms with Crippen LogP contribution in [0.4, 0.5) is 4.39 Å². The van der Waals surface area contributed by atoms with Gasteiger partial charge in [0.15, 0.2) is 0 Å². The molecular formula is C10H5FO3. The van der Waals surface area contributed by atoms with Crippen molar-refractivity contribution in [3.63, 3.8) is 0 Å². The molecule has 1 aromatic carbocycles. The molecule has 4 heteroatoms. The molecule has 0 aliphatic carbocycles. The number of benzene rings is 1. The van der Waals surface area contributed by atoms with Crippen LogP contribution in [-0.2, 0) is 4.79 Å². The third-order valence-corrected chi connectivity index (χ3v) is 1.37. The summed E-state index contributed by atoms with van der Waals surface area (Å²) in [5.41, 5.74) is 0.0405. The van der Waals surface area contributed by atoms with Crippen molar-refractivity contribution >= 4 is 11.8 Å². The minimum absolute atomic E-state index is 0.0405. The summed E-state index contributed by atoms with van der Waals surface area (Å²) in [5, 5.41) is 8.16. The molecule has 0 spiro atoms. The lowest BCUT2D eigenvalue weighted by Gasteiger charge is -1.92. The normalized spacial score (nSPS) is 8.64. The third kappa shape index (κ3) is 2.72. The Balaban J connectivity index is 2.92. The van der Waals surface area contributed by atoms with E-state index in [2.05, 4.69) is 0 Å². The van der Waals surface area contributed by atoms with E-state index in [1.165, 1.54) is 18.2 Å². The number of carbonyl (C=O) groups excluding carboxylic acids is 1. The second kappa shape index (κ2) is 4.19. The van der Waals surface area contributed by atoms with Crippen molar-refractivity contribution in [2.75, 3.05) is 0 Å². The van der Waals surface area contributed by atoms with Gasteiger partial charge in [0.25, 0.3) is 0 Å². The number of halogens is 1. The molecular weight excluding hydrogens is 187 g/mol. The second-order valence-corrected chi connectivity index (χ2v) is 2.39. The van der Waals surface area contributed by atoms with Gasteiger partial charge in [0.2, 0.25) is 5.78 Å². The summed E-state index contributed by atoms with van der Waals surface area (Å²) < 4.78 is 12.6. The van der Waals surface area contributed by atoms with E-state index in [0.29, 0.717) is 0 Å². The molecule has 0 bridgehead atoms. The Labute approximate surface area is 79.2 Å². The van der Waals surface area contributed by atoms with Gasteiger partial charge in [0.05, 0.1) is 0 Å². The van der Waals surface area contributed by atoms with Gasteiger partial charge in [-0.3, -0.25) is 4.79 Å². The fourth-order valence-electron chi connectivity index (χ4n) is 0.812. The Bertz CT molecular complexity index is 440. The van der Waals surface area contributed by atoms with E-state index in [0.717, 1.165) is 6.07 Å². The van der Waals surface area contributed by atoms with E-state index in [9.17, 15) is 14.0 Å². The SMILES string of the molecule is O=C(O)C#CC(=O)c1cccc(F)c1. The van der Waals surface area contributed by atoms with E-state index in [4.69, 9.17) is 5.11 Å². The lowest BCUT2D eigenvalue weighted by Crippen LogP contribution is -1.97. The predicted octanol–water partition coefficient (Wildman–Crippen LogP) is 1.10. The summed E-state index contributed by atoms with van der Waals surface area (Å²) in [6.45, 7) is 0. The number of carboxylic acid groups (broad SMARTS) is 1. The van der Waals surface area contributed by atoms with E-state index in [-0.39, 0.29) is 5.56 Å². The number of hydrogen-bond donors (Lipinski definition) is 1. The first-order chi connectivity index (χ1) is 6.59. The maximum Gasteiger partial charge on any atom is 0.382 e. The molecule has 0 saturated carbocycles. The van der Waals surface area contributed by atoms with Crippen molar-refractivity contribution in [2.24, 2.45) is 0 Å². The van der Waals surface area contributed by atoms with Crippen LogP contribution in [0.15, 0.2) is 24.3 Å². The molecule has 0 aliphatic rings. The van der Waals surface area contributed by atoms with Crippen molar-refractivity contribution in [3.8, 4) is 11.8 Å². The molecule has 1 aromatic rings. The lowest BCUT2D eigenvalue weighted by molar-refractivity contribution is -0.130. The highest BCUT2D eigenvalue weighted by atomic mass is 19.1. The van der Waals surface area contributed by atoms with Gasteiger partial charge in [-0.05, 0) is 18.1 Å². The number of hydrogen-bond acceptors (Lipinski definition) is 2. The minimum atomic E-state index is -1.39. The molecule has 70 valence electrons. The largest absolute Gasteiger partial charge is 0.472 e. The highest BCUT2D eigenvalue weighted by molar-refractivity contribution is 6.11. The van der Waals surface area contributed by atoms with Crippen LogP contribution in [0.25, 0.3) is 0 Å². The van der Waals surface area contributed by atoms with Gasteiger partial charge in [-0.2, -0.15) is 0 Å². The zero-order chi connectivity index (χ0) is 10.6. The molecule has 0 atom stereocenters. The Morgan fingerprint density at radius 2 is 2.00 bits per heavy atom. The quantitative estimate of drug-likeness (QED) is 0.411. The molecule has 0 radical (unpaired) electrons. The van der Waals surface area contributed by atoms with Gasteiger partial charge < -0.3 is 5.11 Å². The van der Waals surface area contributed by atoms with E-state index < -0.39 is 17.6 Å². The molecule has 1 rings (SSSR count). The molecule has 0 heterocycles. The number of rotatable bonds is 1. The fraction of sp³-hybridized carbons (Fsp3) is 0. The van der Waals surface area contributed by atoms with Crippen LogP contribution in [-0.4, -0.2) is 16.9 Å². The van der Waals surface area contributed by atoms with E-state index in [1.54, 1.807) is 5.92 Å². The maximum atomic E-state index is 12.6. The zero-order valence-corrected chi connectivity index (χ0v) is 6.95. The fourth-order valence-corrected chi connectivity index (χ4v) is 0.812. The molecule has 0 amide bonds. The number of carboxylic acids is 1. The molecule has 0 fully saturated rings. The van der Waals surface area contributed by atoms with Crippen LogP contribution < -0.4 is 0 Å². The van der Waals surface area contributed by atoms with Crippen LogP contribution in [0.3, 0.4) is 0 Å². The summed E-state index contributed by atoms with van der Waals surface area (Å²) in [4.78, 5) is 21.1. The van der Waals surface area contributed by atoms with Crippen molar-refractivity contribution in [2.45, 2.75) is 0 Å². The minimum Gasteiger partial charge on any atom is -0.472 e. The van der Waals surface area contributed by atoms with Crippen molar-refractivity contribution in [1.29, 1.82) is 0 Å². The van der Waals surface area contributed by atoms with Gasteiger partial charge in [-0.25, -0.2) is 9.18 Å². The van der Waals surface area contributed by atoms with Crippen LogP contribution in [0.1, 0.15) is 10.4 Å². The van der Waals surface area contributed by atoms with Gasteiger partial charge in [-0.15, -0.1) is 0 Å². The average molecular weight is 192 g/mol. The average Bonchev–Trinajstić information content (AvgIpc) is 2.14. The molecule has 0 saturated heterocycles. The summed E-state index contributed by atoms with van der Waals surface area (Å²) in [5.74, 6) is 0.857. The van der Waals surface area contributed by atoms with Crippen molar-refractivity contribution < 1.29 is 19.1 Å². The van der Waals surface area contributed by atoms with Crippen molar-refractivity contribution in [1.82, 2.24) is 0 Å². The number of ketones is 1. The zero-order valence-electron chi connectivity index (χ0n) is 6.95. The summed E-state index contributed by atoms with van der Waals surface area (Å²) in [6, 6.07) is 4.90. The van der Waals surface area contributed by atoms with Gasteiger partial charge in [-0.1, -0.05) is 12.1 Å². The van der Waals surface area contributed by atoms with Crippen LogP contribution >= 0.6 is 0 Å². The molecule has 0 aromatic heterocycles. The van der Waals surface area contributed by atoms with Crippen LogP contribution in [0.5, 0.6) is 0 Å². The van der Waals surface area contributed by atoms with Crippen LogP contribution in [0, 0.1) is 17.7 Å². The number of carbonyl (C=O) groups is 2. The molecule has 0 aliphatic heterocycles. The third-order valence-electron chi connectivity index (χ3n) is 1.37. The summed E-state index contributed by atoms with van der Waals surface area (Å²) in [7, 11) is 0. The first kappa shape index (κ1) is 9.93. The Morgan fingerprint density at radius 1 is 1.29 bits per heavy atom. The second-order valence-electron chi connectivity index (χ2n) is 2.39. The number of aliphatic carboxylic acids is 1. The highest BCUT2D eigenvalue weighted by Gasteiger charge is 2.02. The van der Waals surface area contributed by atoms with E-state index >= 15 is 0 Å². The maximum absolute atomic E-state index is 12.6. The summed E-state index contributed by atoms with van der Waals surface area (Å²) in [6.07, 6.45) is 0. The Morgan fingerprint density at radius 3 is 2.57 bits per heavy atom. The van der Waals surface area contributed by atoms with E-state index in [1.807, 2.05) is 5.92 Å². The monoisotopic (exact) mass is 192 g/mol. The first-order valence-corrected chi connectivity index (χ1v) is 3.64. The Hall–Kier alpha value is -2.15. The number of Topliss-reactive ketones (excluding diaryl/α,β-unsaturated/α-hetero) is 1. The topological polar surface area (TPSA) is 54.4 Å². The highest BCUT2D eigenvalue weighted by Crippen LogP contribution is 2.03. The molecule has 3 nitrogen and oxygen atoms in total. The molecule has 0 unspecified atom stereocenters. The predicted molar refractivity (Wildman–Crippen MR) is 46.1 cm³/mol. The molecule has 14 heavy (non-hydrogen) atoms. The first-order valence-electron chi connectivity index (χ1n) is 3.64. The van der Waals surface area contributed by atoms with Gasteiger partial charge in [0.1, 0.15) is 5.82 Å². The molecule has 1 N–H and O–H groups in total. The lowest BCUT2D eigenvalue weighted by atomic mass is 10.1. The van der Waals surface area contributed by atoms with Gasteiger partial charge in [0, 0.05) is 11.5 Å².